The average Bonchev–Trinajstić information content (AvgIpc) is 2.39. The van der Waals surface area contributed by atoms with Crippen LogP contribution in [0.4, 0.5) is 4.39 Å². The molecule has 0 aliphatic heterocycles. The fourth-order valence-corrected chi connectivity index (χ4v) is 1.69. The summed E-state index contributed by atoms with van der Waals surface area (Å²) in [5, 5.41) is 8.63. The SMILES string of the molecule is COc1nc(CC#N)ccc1-c1cccc(F)c1. The molecule has 0 spiro atoms. The molecule has 0 saturated heterocycles. The second-order valence-electron chi connectivity index (χ2n) is 3.70. The smallest absolute Gasteiger partial charge is 0.221 e. The van der Waals surface area contributed by atoms with E-state index in [0.717, 1.165) is 0 Å². The zero-order valence-electron chi connectivity index (χ0n) is 9.85. The van der Waals surface area contributed by atoms with Gasteiger partial charge in [-0.2, -0.15) is 5.26 Å². The molecular weight excluding hydrogens is 231 g/mol. The van der Waals surface area contributed by atoms with Gasteiger partial charge in [0.1, 0.15) is 5.82 Å². The third kappa shape index (κ3) is 2.46. The number of hydrogen-bond donors (Lipinski definition) is 0. The van der Waals surface area contributed by atoms with Gasteiger partial charge in [0.25, 0.3) is 0 Å². The Balaban J connectivity index is 2.48. The maximum atomic E-state index is 13.2. The predicted molar refractivity (Wildman–Crippen MR) is 65.5 cm³/mol. The Morgan fingerprint density at radius 1 is 1.33 bits per heavy atom. The van der Waals surface area contributed by atoms with Gasteiger partial charge in [-0.15, -0.1) is 0 Å². The van der Waals surface area contributed by atoms with Crippen molar-refractivity contribution in [1.29, 1.82) is 5.26 Å². The van der Waals surface area contributed by atoms with Crippen molar-refractivity contribution in [3.8, 4) is 23.1 Å². The van der Waals surface area contributed by atoms with E-state index >= 15 is 0 Å². The summed E-state index contributed by atoms with van der Waals surface area (Å²) >= 11 is 0. The summed E-state index contributed by atoms with van der Waals surface area (Å²) in [6.07, 6.45) is 0.222. The second kappa shape index (κ2) is 5.28. The molecule has 90 valence electrons. The number of methoxy groups -OCH3 is 1. The van der Waals surface area contributed by atoms with Gasteiger partial charge in [0, 0.05) is 5.56 Å². The molecule has 1 aromatic heterocycles. The van der Waals surface area contributed by atoms with Gasteiger partial charge in [0.05, 0.1) is 25.3 Å². The van der Waals surface area contributed by atoms with Crippen molar-refractivity contribution >= 4 is 0 Å². The van der Waals surface area contributed by atoms with Gasteiger partial charge in [-0.25, -0.2) is 9.37 Å². The van der Waals surface area contributed by atoms with Crippen LogP contribution in [0.25, 0.3) is 11.1 Å². The molecule has 0 unspecified atom stereocenters. The number of nitriles is 1. The average molecular weight is 242 g/mol. The highest BCUT2D eigenvalue weighted by Gasteiger charge is 2.09. The van der Waals surface area contributed by atoms with E-state index in [-0.39, 0.29) is 12.2 Å². The summed E-state index contributed by atoms with van der Waals surface area (Å²) in [6, 6.07) is 11.8. The molecule has 0 atom stereocenters. The summed E-state index contributed by atoms with van der Waals surface area (Å²) in [7, 11) is 1.50. The molecule has 0 bridgehead atoms. The van der Waals surface area contributed by atoms with Crippen LogP contribution in [-0.2, 0) is 6.42 Å². The monoisotopic (exact) mass is 242 g/mol. The Kier molecular flexibility index (Phi) is 3.54. The van der Waals surface area contributed by atoms with Crippen LogP contribution in [0.2, 0.25) is 0 Å². The van der Waals surface area contributed by atoms with Crippen LogP contribution in [0.5, 0.6) is 5.88 Å². The highest BCUT2D eigenvalue weighted by Crippen LogP contribution is 2.28. The summed E-state index contributed by atoms with van der Waals surface area (Å²) in [5.41, 5.74) is 2.04. The highest BCUT2D eigenvalue weighted by molar-refractivity contribution is 5.68. The number of benzene rings is 1. The summed E-state index contributed by atoms with van der Waals surface area (Å²) in [4.78, 5) is 4.22. The van der Waals surface area contributed by atoms with Gasteiger partial charge >= 0.3 is 0 Å². The van der Waals surface area contributed by atoms with Crippen molar-refractivity contribution < 1.29 is 9.13 Å². The zero-order chi connectivity index (χ0) is 13.0. The largest absolute Gasteiger partial charge is 0.481 e. The molecule has 1 heterocycles. The number of hydrogen-bond acceptors (Lipinski definition) is 3. The first-order valence-corrected chi connectivity index (χ1v) is 5.41. The molecule has 0 aliphatic rings. The lowest BCUT2D eigenvalue weighted by molar-refractivity contribution is 0.398. The van der Waals surface area contributed by atoms with Gasteiger partial charge in [-0.05, 0) is 29.8 Å². The molecule has 0 N–H and O–H groups in total. The van der Waals surface area contributed by atoms with Crippen LogP contribution in [0.1, 0.15) is 5.69 Å². The van der Waals surface area contributed by atoms with Gasteiger partial charge in [0.15, 0.2) is 0 Å². The predicted octanol–water partition coefficient (Wildman–Crippen LogP) is 2.96. The lowest BCUT2D eigenvalue weighted by Gasteiger charge is -2.08. The molecule has 4 heteroatoms. The molecule has 0 amide bonds. The van der Waals surface area contributed by atoms with E-state index in [9.17, 15) is 4.39 Å². The summed E-state index contributed by atoms with van der Waals surface area (Å²) in [5.74, 6) is 0.0870. The van der Waals surface area contributed by atoms with Crippen molar-refractivity contribution in [3.05, 3.63) is 47.9 Å². The van der Waals surface area contributed by atoms with Crippen LogP contribution in [0.3, 0.4) is 0 Å². The first-order chi connectivity index (χ1) is 8.74. The van der Waals surface area contributed by atoms with Crippen LogP contribution >= 0.6 is 0 Å². The minimum Gasteiger partial charge on any atom is -0.481 e. The van der Waals surface area contributed by atoms with E-state index in [0.29, 0.717) is 22.7 Å². The molecule has 2 aromatic rings. The Labute approximate surface area is 104 Å². The molecular formula is C14H11FN2O. The topological polar surface area (TPSA) is 45.9 Å². The zero-order valence-corrected chi connectivity index (χ0v) is 9.85. The van der Waals surface area contributed by atoms with Crippen molar-refractivity contribution in [2.45, 2.75) is 6.42 Å². The normalized spacial score (nSPS) is 9.83. The van der Waals surface area contributed by atoms with E-state index < -0.39 is 0 Å². The third-order valence-corrected chi connectivity index (χ3v) is 2.51. The standard InChI is InChI=1S/C14H11FN2O/c1-18-14-13(6-5-12(17-14)7-8-16)10-3-2-4-11(15)9-10/h2-6,9H,7H2,1H3. The van der Waals surface area contributed by atoms with E-state index in [1.165, 1.54) is 19.2 Å². The van der Waals surface area contributed by atoms with Crippen LogP contribution in [0, 0.1) is 17.1 Å². The third-order valence-electron chi connectivity index (χ3n) is 2.51. The molecule has 0 aliphatic carbocycles. The summed E-state index contributed by atoms with van der Waals surface area (Å²) < 4.78 is 18.4. The highest BCUT2D eigenvalue weighted by atomic mass is 19.1. The lowest BCUT2D eigenvalue weighted by Crippen LogP contribution is -1.96. The van der Waals surface area contributed by atoms with Crippen LogP contribution in [-0.4, -0.2) is 12.1 Å². The fourth-order valence-electron chi connectivity index (χ4n) is 1.69. The molecule has 2 rings (SSSR count). The first kappa shape index (κ1) is 12.1. The maximum Gasteiger partial charge on any atom is 0.221 e. The number of halogens is 1. The van der Waals surface area contributed by atoms with Crippen molar-refractivity contribution in [2.75, 3.05) is 7.11 Å². The van der Waals surface area contributed by atoms with Gasteiger partial charge in [-0.3, -0.25) is 0 Å². The molecule has 0 fully saturated rings. The first-order valence-electron chi connectivity index (χ1n) is 5.41. The maximum absolute atomic E-state index is 13.2. The van der Waals surface area contributed by atoms with Gasteiger partial charge in [-0.1, -0.05) is 12.1 Å². The molecule has 1 aromatic carbocycles. The number of pyridine rings is 1. The van der Waals surface area contributed by atoms with E-state index in [1.54, 1.807) is 24.3 Å². The van der Waals surface area contributed by atoms with Gasteiger partial charge in [0.2, 0.25) is 5.88 Å². The minimum absolute atomic E-state index is 0.222. The summed E-state index contributed by atoms with van der Waals surface area (Å²) in [6.45, 7) is 0. The fraction of sp³-hybridized carbons (Fsp3) is 0.143. The Morgan fingerprint density at radius 3 is 2.83 bits per heavy atom. The van der Waals surface area contributed by atoms with Crippen molar-refractivity contribution in [2.24, 2.45) is 0 Å². The van der Waals surface area contributed by atoms with E-state index in [4.69, 9.17) is 10.00 Å². The van der Waals surface area contributed by atoms with Crippen LogP contribution in [0.15, 0.2) is 36.4 Å². The lowest BCUT2D eigenvalue weighted by atomic mass is 10.1. The number of rotatable bonds is 3. The Hall–Kier alpha value is -2.41. The Bertz CT molecular complexity index is 605. The molecule has 0 radical (unpaired) electrons. The molecule has 0 saturated carbocycles. The van der Waals surface area contributed by atoms with E-state index in [2.05, 4.69) is 4.98 Å². The number of aromatic nitrogens is 1. The molecule has 18 heavy (non-hydrogen) atoms. The minimum atomic E-state index is -0.310. The molecule has 3 nitrogen and oxygen atoms in total. The van der Waals surface area contributed by atoms with Crippen molar-refractivity contribution in [1.82, 2.24) is 4.98 Å². The number of ether oxygens (including phenoxy) is 1. The van der Waals surface area contributed by atoms with Crippen molar-refractivity contribution in [3.63, 3.8) is 0 Å². The van der Waals surface area contributed by atoms with Gasteiger partial charge < -0.3 is 4.74 Å². The Morgan fingerprint density at radius 2 is 2.17 bits per heavy atom. The number of nitrogens with zero attached hydrogens (tertiary/aromatic N) is 2. The quantitative estimate of drug-likeness (QED) is 0.831. The second-order valence-corrected chi connectivity index (χ2v) is 3.70. The van der Waals surface area contributed by atoms with Crippen LogP contribution < -0.4 is 4.74 Å². The van der Waals surface area contributed by atoms with E-state index in [1.807, 2.05) is 6.07 Å².